The van der Waals surface area contributed by atoms with Crippen LogP contribution in [0.2, 0.25) is 0 Å². The molecular weight excluding hydrogens is 573 g/mol. The highest BCUT2D eigenvalue weighted by Gasteiger charge is 2.31. The van der Waals surface area contributed by atoms with Crippen LogP contribution in [0.1, 0.15) is 23.0 Å². The normalized spacial score (nSPS) is 12.5. The van der Waals surface area contributed by atoms with Crippen molar-refractivity contribution in [1.82, 2.24) is 15.8 Å². The molecule has 4 aromatic rings. The number of ether oxygens (including phenoxy) is 1. The molecule has 0 radical (unpaired) electrons. The molecular formula is C31H31N3O8P+. The number of amides is 2. The molecule has 0 aliphatic rings. The first-order valence-electron chi connectivity index (χ1n) is 13.5. The lowest BCUT2D eigenvalue weighted by Gasteiger charge is -2.18. The quantitative estimate of drug-likeness (QED) is 0.146. The molecule has 3 aromatic carbocycles. The molecule has 0 aliphatic heterocycles. The highest BCUT2D eigenvalue weighted by atomic mass is 31.1. The molecule has 0 saturated heterocycles. The van der Waals surface area contributed by atoms with Crippen LogP contribution in [0.3, 0.4) is 0 Å². The molecule has 0 aliphatic carbocycles. The van der Waals surface area contributed by atoms with Crippen LogP contribution >= 0.6 is 7.80 Å². The van der Waals surface area contributed by atoms with Crippen molar-refractivity contribution in [3.63, 3.8) is 0 Å². The van der Waals surface area contributed by atoms with Crippen LogP contribution in [-0.4, -0.2) is 52.3 Å². The van der Waals surface area contributed by atoms with E-state index in [-0.39, 0.29) is 24.6 Å². The van der Waals surface area contributed by atoms with Crippen molar-refractivity contribution in [2.24, 2.45) is 5.92 Å². The predicted molar refractivity (Wildman–Crippen MR) is 158 cm³/mol. The molecule has 11 nitrogen and oxygen atoms in total. The van der Waals surface area contributed by atoms with Crippen LogP contribution in [0.25, 0.3) is 11.3 Å². The van der Waals surface area contributed by atoms with Gasteiger partial charge in [-0.1, -0.05) is 82.5 Å². The second-order valence-electron chi connectivity index (χ2n) is 9.73. The third-order valence-corrected chi connectivity index (χ3v) is 7.82. The number of carboxylic acids is 1. The van der Waals surface area contributed by atoms with Gasteiger partial charge in [0.15, 0.2) is 6.16 Å². The van der Waals surface area contributed by atoms with Gasteiger partial charge >= 0.3 is 19.9 Å². The van der Waals surface area contributed by atoms with E-state index in [0.717, 1.165) is 16.7 Å². The summed E-state index contributed by atoms with van der Waals surface area (Å²) in [4.78, 5) is 36.5. The number of carbonyl (C=O) groups is 3. The Hall–Kier alpha value is -5.02. The summed E-state index contributed by atoms with van der Waals surface area (Å²) in [6.45, 7) is -0.593. The standard InChI is InChI=1S/C31H30N3O8P/c35-25-13-11-21(12-14-25)15-28(23-9-5-2-6-10-23)41-31(39)33-20-43(40)19-24(30(38)32-18-29(36)37)16-26-17-27(34-42-26)22-7-3-1-4-8-22/h1-14,17,24,28H,15-16,18-20H2,(H3-,32,33,35,36,37,38,39)/p+1. The summed E-state index contributed by atoms with van der Waals surface area (Å²) in [6, 6.07) is 26.7. The second-order valence-corrected chi connectivity index (χ2v) is 11.4. The van der Waals surface area contributed by atoms with Gasteiger partial charge in [0, 0.05) is 24.5 Å². The van der Waals surface area contributed by atoms with Gasteiger partial charge in [0.25, 0.3) is 0 Å². The summed E-state index contributed by atoms with van der Waals surface area (Å²) in [5.74, 6) is -2.23. The number of carbonyl (C=O) groups excluding carboxylic acids is 2. The predicted octanol–water partition coefficient (Wildman–Crippen LogP) is 4.90. The van der Waals surface area contributed by atoms with Gasteiger partial charge in [-0.15, -0.1) is 0 Å². The SMILES string of the molecule is O=C(O)CNC(=O)C(Cc1cc(-c2ccccc2)no1)C[P+](=O)CNC(=O)OC(Cc1ccc(O)cc1)c1ccccc1. The topological polar surface area (TPSA) is 168 Å². The van der Waals surface area contributed by atoms with Crippen molar-refractivity contribution < 1.29 is 38.4 Å². The Balaban J connectivity index is 1.37. The molecule has 2 amide bonds. The van der Waals surface area contributed by atoms with Crippen molar-refractivity contribution in [3.05, 3.63) is 108 Å². The summed E-state index contributed by atoms with van der Waals surface area (Å²) in [5, 5.41) is 27.4. The fourth-order valence-corrected chi connectivity index (χ4v) is 5.54. The van der Waals surface area contributed by atoms with Crippen LogP contribution in [0, 0.1) is 5.92 Å². The zero-order valence-electron chi connectivity index (χ0n) is 23.1. The Labute approximate surface area is 248 Å². The summed E-state index contributed by atoms with van der Waals surface area (Å²) >= 11 is 0. The van der Waals surface area contributed by atoms with Gasteiger partial charge < -0.3 is 24.8 Å². The summed E-state index contributed by atoms with van der Waals surface area (Å²) in [5.41, 5.74) is 2.97. The number of aromatic nitrogens is 1. The van der Waals surface area contributed by atoms with E-state index in [1.54, 1.807) is 30.3 Å². The lowest BCUT2D eigenvalue weighted by Crippen LogP contribution is -2.37. The number of phenols is 1. The number of carboxylic acid groups (broad SMARTS) is 1. The van der Waals surface area contributed by atoms with Gasteiger partial charge in [0.2, 0.25) is 12.2 Å². The number of nitrogens with zero attached hydrogens (tertiary/aromatic N) is 1. The van der Waals surface area contributed by atoms with Crippen LogP contribution in [0.4, 0.5) is 4.79 Å². The zero-order valence-corrected chi connectivity index (χ0v) is 24.0. The lowest BCUT2D eigenvalue weighted by atomic mass is 10.0. The maximum absolute atomic E-state index is 13.0. The second kappa shape index (κ2) is 15.3. The Kier molecular flexibility index (Phi) is 11.0. The average Bonchev–Trinajstić information content (AvgIpc) is 3.49. The minimum atomic E-state index is -2.14. The summed E-state index contributed by atoms with van der Waals surface area (Å²) < 4.78 is 24.1. The van der Waals surface area contributed by atoms with Crippen molar-refractivity contribution >= 4 is 25.8 Å². The van der Waals surface area contributed by atoms with Crippen molar-refractivity contribution in [2.75, 3.05) is 19.0 Å². The highest BCUT2D eigenvalue weighted by molar-refractivity contribution is 7.44. The maximum atomic E-state index is 13.0. The van der Waals surface area contributed by atoms with Gasteiger partial charge in [-0.2, -0.15) is 0 Å². The van der Waals surface area contributed by atoms with Crippen LogP contribution in [0.15, 0.2) is 95.5 Å². The number of phenolic OH excluding ortho intramolecular Hbond substituents is 1. The first-order valence-corrected chi connectivity index (χ1v) is 15.1. The molecule has 4 rings (SSSR count). The highest BCUT2D eigenvalue weighted by Crippen LogP contribution is 2.28. The molecule has 4 N–H and O–H groups in total. The van der Waals surface area contributed by atoms with Gasteiger partial charge in [0.1, 0.15) is 29.9 Å². The molecule has 3 unspecified atom stereocenters. The molecule has 0 saturated carbocycles. The fraction of sp³-hybridized carbons (Fsp3) is 0.226. The Morgan fingerprint density at radius 2 is 1.58 bits per heavy atom. The van der Waals surface area contributed by atoms with Crippen molar-refractivity contribution in [2.45, 2.75) is 18.9 Å². The number of hydrogen-bond acceptors (Lipinski definition) is 8. The van der Waals surface area contributed by atoms with Gasteiger partial charge in [-0.3, -0.25) is 14.9 Å². The molecule has 12 heteroatoms. The molecule has 0 fully saturated rings. The van der Waals surface area contributed by atoms with Crippen molar-refractivity contribution in [3.8, 4) is 17.0 Å². The van der Waals surface area contributed by atoms with Gasteiger partial charge in [0.05, 0.1) is 5.92 Å². The molecule has 43 heavy (non-hydrogen) atoms. The van der Waals surface area contributed by atoms with Gasteiger partial charge in [-0.25, -0.2) is 4.79 Å². The lowest BCUT2D eigenvalue weighted by molar-refractivity contribution is -0.138. The van der Waals surface area contributed by atoms with Gasteiger partial charge in [-0.05, 0) is 23.3 Å². The first kappa shape index (κ1) is 30.9. The molecule has 0 spiro atoms. The molecule has 1 heterocycles. The van der Waals surface area contributed by atoms with Crippen LogP contribution in [-0.2, 0) is 31.7 Å². The monoisotopic (exact) mass is 604 g/mol. The third-order valence-electron chi connectivity index (χ3n) is 6.46. The minimum absolute atomic E-state index is 0.0273. The van der Waals surface area contributed by atoms with E-state index in [2.05, 4.69) is 15.8 Å². The molecule has 3 atom stereocenters. The Morgan fingerprint density at radius 1 is 0.907 bits per heavy atom. The number of aromatic hydroxyl groups is 1. The van der Waals surface area contributed by atoms with E-state index in [1.165, 1.54) is 0 Å². The Morgan fingerprint density at radius 3 is 2.26 bits per heavy atom. The maximum Gasteiger partial charge on any atom is 0.411 e. The summed E-state index contributed by atoms with van der Waals surface area (Å²) in [7, 11) is -2.14. The van der Waals surface area contributed by atoms with Crippen LogP contribution in [0.5, 0.6) is 5.75 Å². The number of nitrogens with one attached hydrogen (secondary N) is 2. The average molecular weight is 605 g/mol. The van der Waals surface area contributed by atoms with E-state index >= 15 is 0 Å². The number of rotatable bonds is 14. The molecule has 1 aromatic heterocycles. The molecule has 222 valence electrons. The number of aliphatic carboxylic acids is 1. The van der Waals surface area contributed by atoms with Crippen LogP contribution < -0.4 is 10.6 Å². The van der Waals surface area contributed by atoms with E-state index in [1.807, 2.05) is 60.7 Å². The van der Waals surface area contributed by atoms with E-state index < -0.39 is 44.3 Å². The smallest absolute Gasteiger partial charge is 0.411 e. The third kappa shape index (κ3) is 9.79. The van der Waals surface area contributed by atoms with E-state index in [4.69, 9.17) is 14.4 Å². The summed E-state index contributed by atoms with van der Waals surface area (Å²) in [6.07, 6.45) is -1.47. The zero-order chi connectivity index (χ0) is 30.6. The van der Waals surface area contributed by atoms with Crippen molar-refractivity contribution in [1.29, 1.82) is 0 Å². The Bertz CT molecular complexity index is 1530. The number of benzene rings is 3. The van der Waals surface area contributed by atoms with E-state index in [9.17, 15) is 24.1 Å². The number of alkyl carbamates (subject to hydrolysis) is 1. The largest absolute Gasteiger partial charge is 0.508 e. The number of hydrogen-bond donors (Lipinski definition) is 4. The molecule has 0 bridgehead atoms. The fourth-order valence-electron chi connectivity index (χ4n) is 4.32. The van der Waals surface area contributed by atoms with E-state index in [0.29, 0.717) is 17.9 Å². The minimum Gasteiger partial charge on any atom is -0.508 e. The first-order chi connectivity index (χ1) is 20.8.